The Balaban J connectivity index is 2.60. The van der Waals surface area contributed by atoms with E-state index in [9.17, 15) is 18.4 Å². The number of nitrogens with one attached hydrogen (secondary N) is 1. The van der Waals surface area contributed by atoms with Crippen LogP contribution in [0.15, 0.2) is 27.3 Å². The van der Waals surface area contributed by atoms with Crippen LogP contribution in [0.3, 0.4) is 0 Å². The van der Waals surface area contributed by atoms with Crippen LogP contribution < -0.4 is 5.32 Å². The van der Waals surface area contributed by atoms with E-state index in [1.165, 1.54) is 6.92 Å². The van der Waals surface area contributed by atoms with Crippen molar-refractivity contribution in [1.29, 1.82) is 10.5 Å². The van der Waals surface area contributed by atoms with Crippen molar-refractivity contribution in [1.82, 2.24) is 5.32 Å². The minimum absolute atomic E-state index is 0.0583. The highest BCUT2D eigenvalue weighted by atomic mass is 19.4. The van der Waals surface area contributed by atoms with Crippen molar-refractivity contribution in [2.75, 3.05) is 0 Å². The molecule has 2 rings (SSSR count). The van der Waals surface area contributed by atoms with Crippen LogP contribution in [0, 0.1) is 35.5 Å². The lowest BCUT2D eigenvalue weighted by atomic mass is 9.86. The van der Waals surface area contributed by atoms with Crippen molar-refractivity contribution in [2.24, 2.45) is 5.92 Å². The van der Waals surface area contributed by atoms with Gasteiger partial charge in [0.1, 0.15) is 5.76 Å². The number of allylic oxidation sites excluding steroid dienone is 3. The number of nitrogens with zero attached hydrogens (tertiary/aromatic N) is 2. The Bertz CT molecular complexity index is 769. The monoisotopic (exact) mass is 307 g/mol. The Morgan fingerprint density at radius 2 is 1.77 bits per heavy atom. The standard InChI is InChI=1S/C15H12F3N3O/c1-7-11(5-19)8(2)21-14(12(7)6-20)10-4-13(15(16,17)18)22-9(10)3/h4,7,21H,1-3H3. The molecule has 0 saturated heterocycles. The Kier molecular flexibility index (Phi) is 3.76. The first-order valence-corrected chi connectivity index (χ1v) is 6.40. The molecule has 0 aromatic carbocycles. The van der Waals surface area contributed by atoms with E-state index in [0.717, 1.165) is 6.07 Å². The molecule has 7 heteroatoms. The highest BCUT2D eigenvalue weighted by Gasteiger charge is 2.37. The molecule has 2 heterocycles. The van der Waals surface area contributed by atoms with Gasteiger partial charge >= 0.3 is 6.18 Å². The summed E-state index contributed by atoms with van der Waals surface area (Å²) in [5.41, 5.74) is 1.53. The average Bonchev–Trinajstić information content (AvgIpc) is 2.80. The van der Waals surface area contributed by atoms with E-state index in [2.05, 4.69) is 5.32 Å². The van der Waals surface area contributed by atoms with Gasteiger partial charge in [-0.25, -0.2) is 0 Å². The largest absolute Gasteiger partial charge is 0.456 e. The van der Waals surface area contributed by atoms with Gasteiger partial charge in [-0.2, -0.15) is 23.7 Å². The lowest BCUT2D eigenvalue weighted by Crippen LogP contribution is -2.23. The van der Waals surface area contributed by atoms with Gasteiger partial charge in [0, 0.05) is 17.2 Å². The summed E-state index contributed by atoms with van der Waals surface area (Å²) < 4.78 is 43.0. The summed E-state index contributed by atoms with van der Waals surface area (Å²) in [6, 6.07) is 4.85. The number of nitriles is 2. The summed E-state index contributed by atoms with van der Waals surface area (Å²) in [7, 11) is 0. The van der Waals surface area contributed by atoms with Crippen molar-refractivity contribution < 1.29 is 17.6 Å². The normalized spacial score (nSPS) is 18.8. The Hall–Kier alpha value is -2.67. The van der Waals surface area contributed by atoms with Gasteiger partial charge in [0.15, 0.2) is 0 Å². The summed E-state index contributed by atoms with van der Waals surface area (Å²) in [6.45, 7) is 4.71. The van der Waals surface area contributed by atoms with E-state index < -0.39 is 17.9 Å². The molecule has 114 valence electrons. The molecule has 22 heavy (non-hydrogen) atoms. The molecule has 0 amide bonds. The van der Waals surface area contributed by atoms with Gasteiger partial charge in [-0.1, -0.05) is 6.92 Å². The SMILES string of the molecule is CC1=C(C#N)C(C)C(C#N)=C(c2cc(C(F)(F)F)oc2C)N1. The fourth-order valence-electron chi connectivity index (χ4n) is 2.42. The molecule has 0 saturated carbocycles. The van der Waals surface area contributed by atoms with Gasteiger partial charge in [-0.05, 0) is 19.9 Å². The van der Waals surface area contributed by atoms with Crippen LogP contribution in [-0.2, 0) is 6.18 Å². The highest BCUT2D eigenvalue weighted by Crippen LogP contribution is 2.38. The van der Waals surface area contributed by atoms with Crippen LogP contribution in [0.2, 0.25) is 0 Å². The predicted molar refractivity (Wildman–Crippen MR) is 71.6 cm³/mol. The quantitative estimate of drug-likeness (QED) is 0.854. The van der Waals surface area contributed by atoms with E-state index >= 15 is 0 Å². The molecule has 4 nitrogen and oxygen atoms in total. The highest BCUT2D eigenvalue weighted by molar-refractivity contribution is 5.76. The first-order chi connectivity index (χ1) is 10.2. The maximum Gasteiger partial charge on any atom is 0.449 e. The van der Waals surface area contributed by atoms with Gasteiger partial charge in [0.05, 0.1) is 29.0 Å². The van der Waals surface area contributed by atoms with E-state index in [4.69, 9.17) is 9.68 Å². The van der Waals surface area contributed by atoms with Gasteiger partial charge < -0.3 is 9.73 Å². The van der Waals surface area contributed by atoms with Crippen LogP contribution in [0.1, 0.15) is 30.9 Å². The molecule has 1 aromatic rings. The summed E-state index contributed by atoms with van der Waals surface area (Å²) in [5.74, 6) is -1.55. The number of halogens is 3. The fraction of sp³-hybridized carbons (Fsp3) is 0.333. The zero-order valence-electron chi connectivity index (χ0n) is 12.1. The smallest absolute Gasteiger partial charge is 0.449 e. The molecular formula is C15H12F3N3O. The number of hydrogen-bond acceptors (Lipinski definition) is 4. The van der Waals surface area contributed by atoms with Crippen molar-refractivity contribution >= 4 is 5.70 Å². The van der Waals surface area contributed by atoms with Crippen LogP contribution in [0.25, 0.3) is 5.70 Å². The molecule has 0 bridgehead atoms. The van der Waals surface area contributed by atoms with Crippen LogP contribution in [0.4, 0.5) is 13.2 Å². The molecule has 1 atom stereocenters. The summed E-state index contributed by atoms with van der Waals surface area (Å²) in [6.07, 6.45) is -4.60. The van der Waals surface area contributed by atoms with Crippen molar-refractivity contribution in [3.05, 3.63) is 40.0 Å². The van der Waals surface area contributed by atoms with Crippen LogP contribution in [0.5, 0.6) is 0 Å². The predicted octanol–water partition coefficient (Wildman–Crippen LogP) is 3.88. The Morgan fingerprint density at radius 1 is 1.18 bits per heavy atom. The molecular weight excluding hydrogens is 295 g/mol. The van der Waals surface area contributed by atoms with E-state index in [1.807, 2.05) is 12.1 Å². The molecule has 0 spiro atoms. The zero-order valence-corrected chi connectivity index (χ0v) is 12.1. The van der Waals surface area contributed by atoms with Crippen molar-refractivity contribution in [2.45, 2.75) is 26.9 Å². The molecule has 1 N–H and O–H groups in total. The number of aryl methyl sites for hydroxylation is 1. The minimum Gasteiger partial charge on any atom is -0.456 e. The van der Waals surface area contributed by atoms with E-state index in [-0.39, 0.29) is 22.6 Å². The third kappa shape index (κ3) is 2.46. The third-order valence-corrected chi connectivity index (χ3v) is 3.56. The first-order valence-electron chi connectivity index (χ1n) is 6.40. The van der Waals surface area contributed by atoms with Crippen LogP contribution in [-0.4, -0.2) is 0 Å². The zero-order chi connectivity index (χ0) is 16.7. The van der Waals surface area contributed by atoms with E-state index in [1.54, 1.807) is 13.8 Å². The van der Waals surface area contributed by atoms with Gasteiger partial charge in [-0.3, -0.25) is 0 Å². The second kappa shape index (κ2) is 5.27. The van der Waals surface area contributed by atoms with Gasteiger partial charge in [-0.15, -0.1) is 0 Å². The lowest BCUT2D eigenvalue weighted by molar-refractivity contribution is -0.153. The number of hydrogen-bond donors (Lipinski definition) is 1. The first kappa shape index (κ1) is 15.7. The Morgan fingerprint density at radius 3 is 2.23 bits per heavy atom. The maximum absolute atomic E-state index is 12.7. The molecule has 1 unspecified atom stereocenters. The number of rotatable bonds is 1. The Labute approximate surface area is 125 Å². The second-order valence-electron chi connectivity index (χ2n) is 4.98. The molecule has 1 aliphatic rings. The summed E-state index contributed by atoms with van der Waals surface area (Å²) in [4.78, 5) is 0. The molecule has 0 fully saturated rings. The fourth-order valence-corrected chi connectivity index (χ4v) is 2.42. The lowest BCUT2D eigenvalue weighted by Gasteiger charge is -2.24. The maximum atomic E-state index is 12.7. The minimum atomic E-state index is -4.60. The second-order valence-corrected chi connectivity index (χ2v) is 4.98. The molecule has 0 aliphatic carbocycles. The van der Waals surface area contributed by atoms with Gasteiger partial charge in [0.2, 0.25) is 5.76 Å². The topological polar surface area (TPSA) is 72.8 Å². The van der Waals surface area contributed by atoms with E-state index in [0.29, 0.717) is 11.3 Å². The van der Waals surface area contributed by atoms with Crippen molar-refractivity contribution in [3.63, 3.8) is 0 Å². The van der Waals surface area contributed by atoms with Gasteiger partial charge in [0.25, 0.3) is 0 Å². The molecule has 1 aliphatic heterocycles. The summed E-state index contributed by atoms with van der Waals surface area (Å²) >= 11 is 0. The summed E-state index contributed by atoms with van der Waals surface area (Å²) in [5, 5.41) is 21.3. The number of alkyl halides is 3. The average molecular weight is 307 g/mol. The van der Waals surface area contributed by atoms with Crippen molar-refractivity contribution in [3.8, 4) is 12.1 Å². The number of dihydropyridines is 1. The third-order valence-electron chi connectivity index (χ3n) is 3.56. The molecule has 0 radical (unpaired) electrons. The molecule has 1 aromatic heterocycles. The van der Waals surface area contributed by atoms with Crippen LogP contribution >= 0.6 is 0 Å². The number of furan rings is 1.